The Morgan fingerprint density at radius 2 is 1.76 bits per heavy atom. The number of likely N-dealkylation sites (tertiary alicyclic amines) is 1. The first kappa shape index (κ1) is 21.1. The summed E-state index contributed by atoms with van der Waals surface area (Å²) in [6.45, 7) is 1.38. The van der Waals surface area contributed by atoms with E-state index < -0.39 is 0 Å². The molecule has 0 spiro atoms. The molecule has 3 aliphatic rings. The van der Waals surface area contributed by atoms with Gasteiger partial charge in [-0.15, -0.1) is 0 Å². The van der Waals surface area contributed by atoms with Crippen molar-refractivity contribution < 1.29 is 28.6 Å². The van der Waals surface area contributed by atoms with Gasteiger partial charge < -0.3 is 24.4 Å². The van der Waals surface area contributed by atoms with Crippen LogP contribution >= 0.6 is 0 Å². The smallest absolute Gasteiger partial charge is 0.242 e. The standard InChI is InChI=1S/C24H25N3O6/c28-22-9-12-31-19-4-2-1-3-18(19)27(22)14-23(29)26-10-7-16(8-11-26)24(30)25-17-5-6-20-21(13-17)33-15-32-20/h1-6,13,16H,7-12,14-15H2,(H,25,30). The van der Waals surface area contributed by atoms with Crippen LogP contribution in [0.4, 0.5) is 11.4 Å². The van der Waals surface area contributed by atoms with Crippen LogP contribution in [0, 0.1) is 5.92 Å². The topological polar surface area (TPSA) is 97.4 Å². The van der Waals surface area contributed by atoms with Gasteiger partial charge in [-0.1, -0.05) is 12.1 Å². The lowest BCUT2D eigenvalue weighted by Crippen LogP contribution is -2.47. The van der Waals surface area contributed by atoms with E-state index in [2.05, 4.69) is 5.32 Å². The number of hydrogen-bond acceptors (Lipinski definition) is 6. The molecule has 9 heteroatoms. The van der Waals surface area contributed by atoms with Crippen molar-refractivity contribution in [2.24, 2.45) is 5.92 Å². The number of rotatable bonds is 4. The highest BCUT2D eigenvalue weighted by Gasteiger charge is 2.31. The first-order valence-corrected chi connectivity index (χ1v) is 11.1. The van der Waals surface area contributed by atoms with E-state index in [1.165, 1.54) is 4.90 Å². The summed E-state index contributed by atoms with van der Waals surface area (Å²) in [6, 6.07) is 12.6. The van der Waals surface area contributed by atoms with Gasteiger partial charge in [-0.25, -0.2) is 0 Å². The minimum absolute atomic E-state index is 0.0345. The molecule has 2 aromatic carbocycles. The SMILES string of the molecule is O=C(Nc1ccc2c(c1)OCO2)C1CCN(C(=O)CN2C(=O)CCOc3ccccc32)CC1. The largest absolute Gasteiger partial charge is 0.491 e. The van der Waals surface area contributed by atoms with Gasteiger partial charge in [0, 0.05) is 30.8 Å². The third-order valence-corrected chi connectivity index (χ3v) is 6.18. The van der Waals surface area contributed by atoms with Gasteiger partial charge in [0.25, 0.3) is 0 Å². The zero-order chi connectivity index (χ0) is 22.8. The Balaban J connectivity index is 1.17. The number of carbonyl (C=O) groups is 3. The number of amides is 3. The quantitative estimate of drug-likeness (QED) is 0.767. The second kappa shape index (κ2) is 9.01. The minimum atomic E-state index is -0.187. The molecule has 1 saturated heterocycles. The summed E-state index contributed by atoms with van der Waals surface area (Å²) in [5.41, 5.74) is 1.27. The highest BCUT2D eigenvalue weighted by molar-refractivity contribution is 6.00. The number of piperidine rings is 1. The number of anilines is 2. The lowest BCUT2D eigenvalue weighted by atomic mass is 9.95. The van der Waals surface area contributed by atoms with E-state index in [9.17, 15) is 14.4 Å². The number of para-hydroxylation sites is 2. The molecule has 3 amide bonds. The maximum absolute atomic E-state index is 13.0. The molecule has 0 bridgehead atoms. The molecule has 3 aliphatic heterocycles. The predicted molar refractivity (Wildman–Crippen MR) is 119 cm³/mol. The Labute approximate surface area is 191 Å². The molecule has 0 radical (unpaired) electrons. The number of hydrogen-bond donors (Lipinski definition) is 1. The molecule has 0 saturated carbocycles. The number of nitrogens with one attached hydrogen (secondary N) is 1. The number of ether oxygens (including phenoxy) is 3. The Hall–Kier alpha value is -3.75. The highest BCUT2D eigenvalue weighted by atomic mass is 16.7. The van der Waals surface area contributed by atoms with Gasteiger partial charge in [-0.05, 0) is 37.1 Å². The molecule has 0 aromatic heterocycles. The normalized spacial score (nSPS) is 17.8. The minimum Gasteiger partial charge on any atom is -0.491 e. The Morgan fingerprint density at radius 3 is 2.61 bits per heavy atom. The van der Waals surface area contributed by atoms with Gasteiger partial charge in [0.05, 0.1) is 18.7 Å². The molecule has 33 heavy (non-hydrogen) atoms. The van der Waals surface area contributed by atoms with E-state index in [0.29, 0.717) is 61.2 Å². The van der Waals surface area contributed by atoms with Gasteiger partial charge in [0.15, 0.2) is 11.5 Å². The first-order chi connectivity index (χ1) is 16.1. The third kappa shape index (κ3) is 4.44. The van der Waals surface area contributed by atoms with Crippen LogP contribution in [-0.2, 0) is 14.4 Å². The number of benzene rings is 2. The maximum Gasteiger partial charge on any atom is 0.242 e. The summed E-state index contributed by atoms with van der Waals surface area (Å²) in [7, 11) is 0. The van der Waals surface area contributed by atoms with Gasteiger partial charge in [-0.3, -0.25) is 19.3 Å². The van der Waals surface area contributed by atoms with Crippen molar-refractivity contribution in [2.75, 3.05) is 43.3 Å². The van der Waals surface area contributed by atoms with Gasteiger partial charge in [-0.2, -0.15) is 0 Å². The average molecular weight is 451 g/mol. The van der Waals surface area contributed by atoms with Crippen molar-refractivity contribution in [2.45, 2.75) is 19.3 Å². The van der Waals surface area contributed by atoms with Crippen molar-refractivity contribution in [1.29, 1.82) is 0 Å². The molecule has 0 aliphatic carbocycles. The lowest BCUT2D eigenvalue weighted by Gasteiger charge is -2.33. The van der Waals surface area contributed by atoms with Crippen LogP contribution in [0.25, 0.3) is 0 Å². The number of nitrogens with zero attached hydrogens (tertiary/aromatic N) is 2. The summed E-state index contributed by atoms with van der Waals surface area (Å²) in [5.74, 6) is 1.36. The molecular formula is C24H25N3O6. The van der Waals surface area contributed by atoms with Crippen LogP contribution < -0.4 is 24.4 Å². The van der Waals surface area contributed by atoms with Crippen molar-refractivity contribution >= 4 is 29.1 Å². The van der Waals surface area contributed by atoms with E-state index in [1.807, 2.05) is 12.1 Å². The van der Waals surface area contributed by atoms with Crippen LogP contribution in [-0.4, -0.2) is 55.7 Å². The lowest BCUT2D eigenvalue weighted by molar-refractivity contribution is -0.134. The zero-order valence-electron chi connectivity index (χ0n) is 18.1. The van der Waals surface area contributed by atoms with Crippen molar-refractivity contribution in [3.63, 3.8) is 0 Å². The van der Waals surface area contributed by atoms with Gasteiger partial charge in [0.1, 0.15) is 12.3 Å². The molecular weight excluding hydrogens is 426 g/mol. The van der Waals surface area contributed by atoms with Gasteiger partial charge >= 0.3 is 0 Å². The van der Waals surface area contributed by atoms with Crippen LogP contribution in [0.3, 0.4) is 0 Å². The fourth-order valence-corrected chi connectivity index (χ4v) is 4.34. The van der Waals surface area contributed by atoms with Crippen LogP contribution in [0.1, 0.15) is 19.3 Å². The monoisotopic (exact) mass is 451 g/mol. The fraction of sp³-hybridized carbons (Fsp3) is 0.375. The van der Waals surface area contributed by atoms with E-state index >= 15 is 0 Å². The van der Waals surface area contributed by atoms with E-state index in [4.69, 9.17) is 14.2 Å². The van der Waals surface area contributed by atoms with Crippen molar-refractivity contribution in [3.8, 4) is 17.2 Å². The second-order valence-electron chi connectivity index (χ2n) is 8.26. The molecule has 3 heterocycles. The molecule has 0 unspecified atom stereocenters. The molecule has 2 aromatic rings. The average Bonchev–Trinajstić information content (AvgIpc) is 3.24. The van der Waals surface area contributed by atoms with E-state index in [0.717, 1.165) is 0 Å². The molecule has 1 N–H and O–H groups in total. The summed E-state index contributed by atoms with van der Waals surface area (Å²) in [4.78, 5) is 41.5. The molecule has 0 atom stereocenters. The summed E-state index contributed by atoms with van der Waals surface area (Å²) < 4.78 is 16.3. The highest BCUT2D eigenvalue weighted by Crippen LogP contribution is 2.35. The maximum atomic E-state index is 13.0. The Morgan fingerprint density at radius 1 is 0.970 bits per heavy atom. The van der Waals surface area contributed by atoms with Crippen LogP contribution in [0.2, 0.25) is 0 Å². The molecule has 1 fully saturated rings. The Bertz CT molecular complexity index is 1080. The van der Waals surface area contributed by atoms with Crippen LogP contribution in [0.5, 0.6) is 17.2 Å². The van der Waals surface area contributed by atoms with E-state index in [-0.39, 0.29) is 43.4 Å². The summed E-state index contributed by atoms with van der Waals surface area (Å²) >= 11 is 0. The third-order valence-electron chi connectivity index (χ3n) is 6.18. The first-order valence-electron chi connectivity index (χ1n) is 11.1. The molecule has 9 nitrogen and oxygen atoms in total. The van der Waals surface area contributed by atoms with Crippen molar-refractivity contribution in [1.82, 2.24) is 4.90 Å². The zero-order valence-corrected chi connectivity index (χ0v) is 18.1. The van der Waals surface area contributed by atoms with Gasteiger partial charge in [0.2, 0.25) is 24.5 Å². The number of carbonyl (C=O) groups excluding carboxylic acids is 3. The second-order valence-corrected chi connectivity index (χ2v) is 8.26. The predicted octanol–water partition coefficient (Wildman–Crippen LogP) is 2.41. The molecule has 172 valence electrons. The number of fused-ring (bicyclic) bond motifs is 2. The Kier molecular flexibility index (Phi) is 5.77. The summed E-state index contributed by atoms with van der Waals surface area (Å²) in [5, 5.41) is 2.93. The van der Waals surface area contributed by atoms with E-state index in [1.54, 1.807) is 35.2 Å². The van der Waals surface area contributed by atoms with Crippen molar-refractivity contribution in [3.05, 3.63) is 42.5 Å². The summed E-state index contributed by atoms with van der Waals surface area (Å²) in [6.07, 6.45) is 1.36. The van der Waals surface area contributed by atoms with Crippen LogP contribution in [0.15, 0.2) is 42.5 Å². The fourth-order valence-electron chi connectivity index (χ4n) is 4.34. The molecule has 5 rings (SSSR count).